The van der Waals surface area contributed by atoms with E-state index in [4.69, 9.17) is 0 Å². The summed E-state index contributed by atoms with van der Waals surface area (Å²) in [5.74, 6) is -0.455. The molecular formula is C12H17FN2O2S. The normalized spacial score (nSPS) is 20.4. The largest absolute Gasteiger partial charge is 0.366 e. The number of anilines is 1. The lowest BCUT2D eigenvalue weighted by atomic mass is 10.1. The first-order valence-corrected chi connectivity index (χ1v) is 7.31. The van der Waals surface area contributed by atoms with Gasteiger partial charge in [0.1, 0.15) is 16.5 Å². The number of piperazine rings is 1. The number of halogens is 1. The zero-order chi connectivity index (χ0) is 13.1. The minimum atomic E-state index is -2.51. The fraction of sp³-hybridized carbons (Fsp3) is 0.500. The lowest BCUT2D eigenvalue weighted by Crippen LogP contribution is -2.49. The van der Waals surface area contributed by atoms with E-state index in [0.717, 1.165) is 19.6 Å². The molecule has 0 bridgehead atoms. The maximum absolute atomic E-state index is 14.0. The number of thiol groups is 1. The molecule has 1 saturated heterocycles. The van der Waals surface area contributed by atoms with E-state index in [2.05, 4.69) is 12.2 Å². The zero-order valence-corrected chi connectivity index (χ0v) is 11.1. The molecule has 1 atom stereocenters. The van der Waals surface area contributed by atoms with Gasteiger partial charge in [-0.05, 0) is 24.6 Å². The number of nitrogens with zero attached hydrogens (tertiary/aromatic N) is 1. The number of benzene rings is 1. The summed E-state index contributed by atoms with van der Waals surface area (Å²) in [5.41, 5.74) is 1.05. The second kappa shape index (κ2) is 5.67. The third-order valence-electron chi connectivity index (χ3n) is 3.03. The minimum Gasteiger partial charge on any atom is -0.366 e. The van der Waals surface area contributed by atoms with Gasteiger partial charge in [0, 0.05) is 25.7 Å². The average molecular weight is 272 g/mol. The molecule has 1 fully saturated rings. The van der Waals surface area contributed by atoms with Crippen LogP contribution in [0.1, 0.15) is 12.5 Å². The maximum Gasteiger partial charge on any atom is 0.146 e. The van der Waals surface area contributed by atoms with Crippen molar-refractivity contribution in [3.8, 4) is 0 Å². The maximum atomic E-state index is 14.0. The Bertz CT molecular complexity index is 497. The van der Waals surface area contributed by atoms with Crippen molar-refractivity contribution in [2.45, 2.75) is 18.7 Å². The van der Waals surface area contributed by atoms with Crippen molar-refractivity contribution in [1.29, 1.82) is 0 Å². The van der Waals surface area contributed by atoms with Crippen LogP contribution in [-0.2, 0) is 16.5 Å². The highest BCUT2D eigenvalue weighted by atomic mass is 32.2. The van der Waals surface area contributed by atoms with Crippen LogP contribution in [0.5, 0.6) is 0 Å². The van der Waals surface area contributed by atoms with E-state index in [1.807, 2.05) is 4.90 Å². The standard InChI is InChI=1S/C12H17FN2O2S/c1-9-7-15(5-4-14-9)12-3-2-10(6-11(12)13)8-18(16)17/h2-3,6,9,14,18H,4-5,7-8H2,1H3/t9-/m1/s1. The topological polar surface area (TPSA) is 49.4 Å². The molecule has 6 heteroatoms. The quantitative estimate of drug-likeness (QED) is 0.797. The predicted molar refractivity (Wildman–Crippen MR) is 70.1 cm³/mol. The van der Waals surface area contributed by atoms with Crippen LogP contribution in [0.15, 0.2) is 18.2 Å². The van der Waals surface area contributed by atoms with Crippen LogP contribution in [0.3, 0.4) is 0 Å². The zero-order valence-electron chi connectivity index (χ0n) is 10.2. The minimum absolute atomic E-state index is 0.107. The van der Waals surface area contributed by atoms with Crippen molar-refractivity contribution >= 4 is 16.4 Å². The fourth-order valence-corrected chi connectivity index (χ4v) is 2.70. The van der Waals surface area contributed by atoms with Gasteiger partial charge in [0.05, 0.1) is 11.4 Å². The van der Waals surface area contributed by atoms with Crippen LogP contribution in [-0.4, -0.2) is 34.1 Å². The van der Waals surface area contributed by atoms with Gasteiger partial charge in [-0.15, -0.1) is 0 Å². The van der Waals surface area contributed by atoms with Crippen molar-refractivity contribution in [3.05, 3.63) is 29.6 Å². The summed E-state index contributed by atoms with van der Waals surface area (Å²) in [4.78, 5) is 1.98. The Hall–Kier alpha value is -1.14. The first-order valence-electron chi connectivity index (χ1n) is 5.95. The highest BCUT2D eigenvalue weighted by Gasteiger charge is 2.18. The van der Waals surface area contributed by atoms with E-state index in [-0.39, 0.29) is 11.6 Å². The summed E-state index contributed by atoms with van der Waals surface area (Å²) in [6.07, 6.45) is 0. The molecule has 2 rings (SSSR count). The Balaban J connectivity index is 2.18. The molecule has 0 amide bonds. The molecule has 0 aliphatic carbocycles. The molecule has 1 N–H and O–H groups in total. The highest BCUT2D eigenvalue weighted by Crippen LogP contribution is 2.22. The summed E-state index contributed by atoms with van der Waals surface area (Å²) < 4.78 is 35.2. The van der Waals surface area contributed by atoms with Crippen molar-refractivity contribution in [2.75, 3.05) is 24.5 Å². The van der Waals surface area contributed by atoms with Gasteiger partial charge in [-0.3, -0.25) is 0 Å². The van der Waals surface area contributed by atoms with E-state index >= 15 is 0 Å². The van der Waals surface area contributed by atoms with Gasteiger partial charge in [0.2, 0.25) is 0 Å². The first kappa shape index (κ1) is 13.3. The summed E-state index contributed by atoms with van der Waals surface area (Å²) in [6.45, 7) is 4.40. The van der Waals surface area contributed by atoms with E-state index in [1.165, 1.54) is 6.07 Å². The number of nitrogens with one attached hydrogen (secondary N) is 1. The van der Waals surface area contributed by atoms with Gasteiger partial charge in [0.25, 0.3) is 0 Å². The van der Waals surface area contributed by atoms with Crippen molar-refractivity contribution < 1.29 is 12.8 Å². The molecule has 1 aliphatic heterocycles. The number of rotatable bonds is 3. The highest BCUT2D eigenvalue weighted by molar-refractivity contribution is 7.71. The van der Waals surface area contributed by atoms with Gasteiger partial charge < -0.3 is 10.2 Å². The van der Waals surface area contributed by atoms with Crippen molar-refractivity contribution in [1.82, 2.24) is 5.32 Å². The molecule has 1 aromatic rings. The molecule has 4 nitrogen and oxygen atoms in total. The summed E-state index contributed by atoms with van der Waals surface area (Å²) in [5, 5.41) is 3.29. The summed E-state index contributed by atoms with van der Waals surface area (Å²) in [7, 11) is -2.51. The molecule has 0 aromatic heterocycles. The molecule has 1 heterocycles. The van der Waals surface area contributed by atoms with E-state index in [1.54, 1.807) is 12.1 Å². The Morgan fingerprint density at radius 3 is 2.89 bits per heavy atom. The van der Waals surface area contributed by atoms with E-state index in [0.29, 0.717) is 17.3 Å². The van der Waals surface area contributed by atoms with Crippen LogP contribution in [0, 0.1) is 5.82 Å². The van der Waals surface area contributed by atoms with Gasteiger partial charge in [-0.1, -0.05) is 6.07 Å². The Morgan fingerprint density at radius 2 is 2.28 bits per heavy atom. The number of hydrogen-bond donors (Lipinski definition) is 2. The molecule has 100 valence electrons. The predicted octanol–water partition coefficient (Wildman–Crippen LogP) is 0.735. The first-order chi connectivity index (χ1) is 8.56. The summed E-state index contributed by atoms with van der Waals surface area (Å²) in [6, 6.07) is 4.99. The second-order valence-electron chi connectivity index (χ2n) is 4.58. The van der Waals surface area contributed by atoms with Crippen LogP contribution in [0.25, 0.3) is 0 Å². The van der Waals surface area contributed by atoms with E-state index in [9.17, 15) is 12.8 Å². The SMILES string of the molecule is C[C@@H]1CN(c2ccc(C[SH](=O)=O)cc2F)CCN1. The monoisotopic (exact) mass is 272 g/mol. The Kier molecular flexibility index (Phi) is 4.19. The van der Waals surface area contributed by atoms with Crippen LogP contribution in [0.2, 0.25) is 0 Å². The smallest absolute Gasteiger partial charge is 0.146 e. The molecule has 0 unspecified atom stereocenters. The number of hydrogen-bond acceptors (Lipinski definition) is 4. The van der Waals surface area contributed by atoms with Crippen LogP contribution in [0.4, 0.5) is 10.1 Å². The van der Waals surface area contributed by atoms with Gasteiger partial charge in [-0.2, -0.15) is 0 Å². The molecule has 18 heavy (non-hydrogen) atoms. The van der Waals surface area contributed by atoms with E-state index < -0.39 is 10.7 Å². The fourth-order valence-electron chi connectivity index (χ4n) is 2.21. The molecule has 0 saturated carbocycles. The van der Waals surface area contributed by atoms with Crippen LogP contribution < -0.4 is 10.2 Å². The molecule has 0 radical (unpaired) electrons. The van der Waals surface area contributed by atoms with Gasteiger partial charge in [0.15, 0.2) is 0 Å². The second-order valence-corrected chi connectivity index (χ2v) is 5.56. The van der Waals surface area contributed by atoms with Crippen LogP contribution >= 0.6 is 0 Å². The lowest BCUT2D eigenvalue weighted by Gasteiger charge is -2.33. The Morgan fingerprint density at radius 1 is 1.50 bits per heavy atom. The van der Waals surface area contributed by atoms with Gasteiger partial charge >= 0.3 is 0 Å². The molecule has 1 aliphatic rings. The average Bonchev–Trinajstić information content (AvgIpc) is 2.28. The van der Waals surface area contributed by atoms with Crippen molar-refractivity contribution in [2.24, 2.45) is 0 Å². The Labute approximate surface area is 108 Å². The molecule has 1 aromatic carbocycles. The molecule has 0 spiro atoms. The van der Waals surface area contributed by atoms with Gasteiger partial charge in [-0.25, -0.2) is 12.8 Å². The third-order valence-corrected chi connectivity index (χ3v) is 3.66. The third kappa shape index (κ3) is 3.20. The van der Waals surface area contributed by atoms with Crippen molar-refractivity contribution in [3.63, 3.8) is 0 Å². The molecular weight excluding hydrogens is 255 g/mol. The lowest BCUT2D eigenvalue weighted by molar-refractivity contribution is 0.478. The summed E-state index contributed by atoms with van der Waals surface area (Å²) >= 11 is 0.